The summed E-state index contributed by atoms with van der Waals surface area (Å²) in [6.45, 7) is 1.60. The molecular weight excluding hydrogens is 284 g/mol. The third-order valence-corrected chi connectivity index (χ3v) is 4.43. The van der Waals surface area contributed by atoms with Gasteiger partial charge in [0.25, 0.3) is 0 Å². The maximum Gasteiger partial charge on any atom is 0.159 e. The number of likely N-dealkylation sites (N-methyl/N-ethyl adjacent to an activating group) is 1. The molecule has 0 radical (unpaired) electrons. The number of rotatable bonds is 1. The molecule has 0 fully saturated rings. The maximum absolute atomic E-state index is 13.6. The van der Waals surface area contributed by atoms with E-state index >= 15 is 0 Å². The first-order chi connectivity index (χ1) is 10.6. The van der Waals surface area contributed by atoms with Crippen LogP contribution in [0.1, 0.15) is 22.6 Å². The molecule has 1 atom stereocenters. The van der Waals surface area contributed by atoms with Gasteiger partial charge in [0.1, 0.15) is 5.58 Å². The molecule has 2 aromatic carbocycles. The summed E-state index contributed by atoms with van der Waals surface area (Å²) in [7, 11) is 2.04. The number of halogens is 2. The van der Waals surface area contributed by atoms with Gasteiger partial charge in [0, 0.05) is 24.4 Å². The minimum Gasteiger partial charge on any atom is -0.464 e. The highest BCUT2D eigenvalue weighted by Crippen LogP contribution is 2.37. The van der Waals surface area contributed by atoms with Gasteiger partial charge in [-0.05, 0) is 48.0 Å². The molecule has 4 heteroatoms. The monoisotopic (exact) mass is 299 g/mol. The minimum absolute atomic E-state index is 0.0307. The molecule has 0 bridgehead atoms. The van der Waals surface area contributed by atoms with E-state index in [4.69, 9.17) is 4.42 Å². The van der Waals surface area contributed by atoms with Gasteiger partial charge >= 0.3 is 0 Å². The van der Waals surface area contributed by atoms with E-state index in [2.05, 4.69) is 4.90 Å². The van der Waals surface area contributed by atoms with Gasteiger partial charge < -0.3 is 9.32 Å². The number of furan rings is 1. The number of hydrogen-bond acceptors (Lipinski definition) is 2. The number of fused-ring (bicyclic) bond motifs is 3. The lowest BCUT2D eigenvalue weighted by Gasteiger charge is -2.33. The quantitative estimate of drug-likeness (QED) is 0.666. The van der Waals surface area contributed by atoms with Crippen molar-refractivity contribution in [1.29, 1.82) is 0 Å². The number of benzene rings is 2. The molecule has 1 aliphatic rings. The smallest absolute Gasteiger partial charge is 0.159 e. The van der Waals surface area contributed by atoms with Gasteiger partial charge in [-0.15, -0.1) is 0 Å². The highest BCUT2D eigenvalue weighted by atomic mass is 19.2. The van der Waals surface area contributed by atoms with Gasteiger partial charge in [-0.1, -0.05) is 12.1 Å². The van der Waals surface area contributed by atoms with E-state index in [9.17, 15) is 8.78 Å². The highest BCUT2D eigenvalue weighted by molar-refractivity contribution is 5.83. The number of hydrogen-bond donors (Lipinski definition) is 0. The standard InChI is InChI=1S/C18H15F2NO/c1-21-9-14(11-2-4-16(19)17(20)8-11)12-3-5-18-13(6-7-22-18)15(12)10-21/h2-8,14H,9-10H2,1H3/t14-/m0/s1. The minimum atomic E-state index is -0.807. The molecule has 22 heavy (non-hydrogen) atoms. The second-order valence-corrected chi connectivity index (χ2v) is 5.89. The SMILES string of the molecule is CN1Cc2c(ccc3occc23)[C@H](c2ccc(F)c(F)c2)C1. The summed E-state index contributed by atoms with van der Waals surface area (Å²) in [4.78, 5) is 2.20. The van der Waals surface area contributed by atoms with Crippen LogP contribution in [0.15, 0.2) is 47.1 Å². The Labute approximate surface area is 127 Å². The van der Waals surface area contributed by atoms with Crippen LogP contribution >= 0.6 is 0 Å². The summed E-state index contributed by atoms with van der Waals surface area (Å²) in [6, 6.07) is 10.1. The molecule has 0 N–H and O–H groups in total. The van der Waals surface area contributed by atoms with Gasteiger partial charge in [0.15, 0.2) is 11.6 Å². The fourth-order valence-corrected chi connectivity index (χ4v) is 3.38. The van der Waals surface area contributed by atoms with Crippen LogP contribution in [-0.2, 0) is 6.54 Å². The summed E-state index contributed by atoms with van der Waals surface area (Å²) in [5.74, 6) is -1.57. The van der Waals surface area contributed by atoms with Crippen molar-refractivity contribution in [2.45, 2.75) is 12.5 Å². The summed E-state index contributed by atoms with van der Waals surface area (Å²) < 4.78 is 32.3. The summed E-state index contributed by atoms with van der Waals surface area (Å²) in [5.41, 5.74) is 4.03. The van der Waals surface area contributed by atoms with E-state index < -0.39 is 11.6 Å². The fourth-order valence-electron chi connectivity index (χ4n) is 3.38. The number of nitrogens with zero attached hydrogens (tertiary/aromatic N) is 1. The predicted molar refractivity (Wildman–Crippen MR) is 80.7 cm³/mol. The maximum atomic E-state index is 13.6. The largest absolute Gasteiger partial charge is 0.464 e. The summed E-state index contributed by atoms with van der Waals surface area (Å²) >= 11 is 0. The lowest BCUT2D eigenvalue weighted by molar-refractivity contribution is 0.296. The first kappa shape index (κ1) is 13.5. The molecule has 0 aliphatic carbocycles. The zero-order chi connectivity index (χ0) is 15.3. The normalized spacial score (nSPS) is 18.6. The fraction of sp³-hybridized carbons (Fsp3) is 0.222. The van der Waals surface area contributed by atoms with Crippen molar-refractivity contribution in [3.8, 4) is 0 Å². The van der Waals surface area contributed by atoms with Gasteiger partial charge in [-0.25, -0.2) is 8.78 Å². The average Bonchev–Trinajstić information content (AvgIpc) is 2.98. The molecule has 1 aromatic heterocycles. The molecule has 0 unspecified atom stereocenters. The molecule has 3 aromatic rings. The molecule has 0 saturated heterocycles. The zero-order valence-electron chi connectivity index (χ0n) is 12.1. The Morgan fingerprint density at radius 2 is 1.95 bits per heavy atom. The Bertz CT molecular complexity index is 855. The Kier molecular flexibility index (Phi) is 3.01. The van der Waals surface area contributed by atoms with E-state index in [1.807, 2.05) is 25.2 Å². The summed E-state index contributed by atoms with van der Waals surface area (Å²) in [5, 5.41) is 1.09. The molecule has 2 heterocycles. The first-order valence-electron chi connectivity index (χ1n) is 7.26. The molecule has 4 rings (SSSR count). The van der Waals surface area contributed by atoms with Crippen molar-refractivity contribution in [1.82, 2.24) is 4.90 Å². The Balaban J connectivity index is 1.89. The van der Waals surface area contributed by atoms with E-state index in [0.29, 0.717) is 0 Å². The lowest BCUT2D eigenvalue weighted by Crippen LogP contribution is -2.31. The van der Waals surface area contributed by atoms with E-state index in [1.54, 1.807) is 12.3 Å². The molecule has 0 spiro atoms. The molecule has 2 nitrogen and oxygen atoms in total. The molecule has 1 aliphatic heterocycles. The van der Waals surface area contributed by atoms with Crippen molar-refractivity contribution in [3.05, 3.63) is 71.0 Å². The predicted octanol–water partition coefficient (Wildman–Crippen LogP) is 4.29. The second-order valence-electron chi connectivity index (χ2n) is 5.89. The van der Waals surface area contributed by atoms with Crippen molar-refractivity contribution >= 4 is 11.0 Å². The van der Waals surface area contributed by atoms with Crippen LogP contribution in [0.4, 0.5) is 8.78 Å². The third-order valence-electron chi connectivity index (χ3n) is 4.43. The van der Waals surface area contributed by atoms with E-state index in [0.717, 1.165) is 35.2 Å². The Morgan fingerprint density at radius 3 is 2.77 bits per heavy atom. The van der Waals surface area contributed by atoms with E-state index in [1.165, 1.54) is 17.7 Å². The van der Waals surface area contributed by atoms with Crippen LogP contribution in [0.25, 0.3) is 11.0 Å². The van der Waals surface area contributed by atoms with Crippen molar-refractivity contribution in [2.75, 3.05) is 13.6 Å². The van der Waals surface area contributed by atoms with Crippen LogP contribution in [0.3, 0.4) is 0 Å². The Morgan fingerprint density at radius 1 is 1.09 bits per heavy atom. The van der Waals surface area contributed by atoms with Crippen LogP contribution in [0.5, 0.6) is 0 Å². The van der Waals surface area contributed by atoms with Crippen molar-refractivity contribution in [3.63, 3.8) is 0 Å². The van der Waals surface area contributed by atoms with Crippen LogP contribution in [-0.4, -0.2) is 18.5 Å². The molecular formula is C18H15F2NO. The topological polar surface area (TPSA) is 16.4 Å². The second kappa shape index (κ2) is 4.92. The van der Waals surface area contributed by atoms with E-state index in [-0.39, 0.29) is 5.92 Å². The first-order valence-corrected chi connectivity index (χ1v) is 7.26. The highest BCUT2D eigenvalue weighted by Gasteiger charge is 2.27. The van der Waals surface area contributed by atoms with Crippen molar-refractivity contribution in [2.24, 2.45) is 0 Å². The van der Waals surface area contributed by atoms with Gasteiger partial charge in [-0.3, -0.25) is 0 Å². The van der Waals surface area contributed by atoms with Crippen molar-refractivity contribution < 1.29 is 13.2 Å². The van der Waals surface area contributed by atoms with Crippen LogP contribution in [0.2, 0.25) is 0 Å². The van der Waals surface area contributed by atoms with Gasteiger partial charge in [0.05, 0.1) is 6.26 Å². The van der Waals surface area contributed by atoms with Crippen LogP contribution < -0.4 is 0 Å². The van der Waals surface area contributed by atoms with Crippen LogP contribution in [0, 0.1) is 11.6 Å². The average molecular weight is 299 g/mol. The zero-order valence-corrected chi connectivity index (χ0v) is 12.1. The lowest BCUT2D eigenvalue weighted by atomic mass is 9.83. The molecule has 0 saturated carbocycles. The van der Waals surface area contributed by atoms with Gasteiger partial charge in [0.2, 0.25) is 0 Å². The van der Waals surface area contributed by atoms with Gasteiger partial charge in [-0.2, -0.15) is 0 Å². The third kappa shape index (κ3) is 2.03. The molecule has 0 amide bonds. The summed E-state index contributed by atoms with van der Waals surface area (Å²) in [6.07, 6.45) is 1.69. The molecule has 112 valence electrons. The Hall–Kier alpha value is -2.20.